The van der Waals surface area contributed by atoms with Crippen molar-refractivity contribution in [3.05, 3.63) is 17.5 Å². The number of nitrogens with one attached hydrogen (secondary N) is 1. The number of nitrogens with zero attached hydrogens (tertiary/aromatic N) is 2. The van der Waals surface area contributed by atoms with E-state index < -0.39 is 17.7 Å². The number of amides is 1. The molecule has 0 spiro atoms. The lowest BCUT2D eigenvalue weighted by Gasteiger charge is -2.19. The Morgan fingerprint density at radius 2 is 2.00 bits per heavy atom. The van der Waals surface area contributed by atoms with Crippen molar-refractivity contribution in [2.45, 2.75) is 26.4 Å². The first kappa shape index (κ1) is 15.6. The minimum absolute atomic E-state index is 0.0786. The third-order valence-corrected chi connectivity index (χ3v) is 2.31. The van der Waals surface area contributed by atoms with Gasteiger partial charge in [0.15, 0.2) is 5.69 Å². The standard InChI is InChI=1S/C13H17N3O4/c1-13(2,3)20-12(18)15-9-8(6-14)7-16(4)10(9)11(17)19-5/h7H,1-5H3,(H,15,18). The van der Waals surface area contributed by atoms with Gasteiger partial charge in [0.05, 0.1) is 18.4 Å². The number of rotatable bonds is 2. The van der Waals surface area contributed by atoms with Crippen LogP contribution in [0.3, 0.4) is 0 Å². The summed E-state index contributed by atoms with van der Waals surface area (Å²) in [7, 11) is 2.80. The molecule has 0 aliphatic heterocycles. The molecule has 0 aliphatic carbocycles. The molecule has 20 heavy (non-hydrogen) atoms. The number of hydrogen-bond acceptors (Lipinski definition) is 5. The van der Waals surface area contributed by atoms with Gasteiger partial charge in [0, 0.05) is 13.2 Å². The van der Waals surface area contributed by atoms with E-state index in [0.29, 0.717) is 0 Å². The first-order chi connectivity index (χ1) is 9.19. The number of carbonyl (C=O) groups is 2. The van der Waals surface area contributed by atoms with Crippen molar-refractivity contribution in [2.24, 2.45) is 7.05 Å². The predicted molar refractivity (Wildman–Crippen MR) is 71.3 cm³/mol. The Morgan fingerprint density at radius 1 is 1.40 bits per heavy atom. The lowest BCUT2D eigenvalue weighted by atomic mass is 10.2. The summed E-state index contributed by atoms with van der Waals surface area (Å²) in [6.45, 7) is 5.14. The van der Waals surface area contributed by atoms with E-state index in [1.807, 2.05) is 6.07 Å². The first-order valence-electron chi connectivity index (χ1n) is 5.87. The minimum Gasteiger partial charge on any atom is -0.464 e. The number of aromatic nitrogens is 1. The molecule has 1 aromatic rings. The summed E-state index contributed by atoms with van der Waals surface area (Å²) in [5.74, 6) is -0.653. The fourth-order valence-electron chi connectivity index (χ4n) is 1.59. The van der Waals surface area contributed by atoms with Crippen molar-refractivity contribution in [3.63, 3.8) is 0 Å². The Hall–Kier alpha value is -2.49. The van der Waals surface area contributed by atoms with Gasteiger partial charge in [-0.05, 0) is 20.8 Å². The van der Waals surface area contributed by atoms with Crippen LogP contribution < -0.4 is 5.32 Å². The van der Waals surface area contributed by atoms with E-state index in [9.17, 15) is 9.59 Å². The van der Waals surface area contributed by atoms with Gasteiger partial charge >= 0.3 is 12.1 Å². The second-order valence-electron chi connectivity index (χ2n) is 5.11. The van der Waals surface area contributed by atoms with Crippen LogP contribution in [0.15, 0.2) is 6.20 Å². The fraction of sp³-hybridized carbons (Fsp3) is 0.462. The molecule has 0 radical (unpaired) electrons. The molecule has 108 valence electrons. The average molecular weight is 279 g/mol. The van der Waals surface area contributed by atoms with Crippen molar-refractivity contribution in [1.82, 2.24) is 4.57 Å². The highest BCUT2D eigenvalue weighted by Crippen LogP contribution is 2.24. The van der Waals surface area contributed by atoms with Gasteiger partial charge in [0.25, 0.3) is 0 Å². The molecule has 0 atom stereocenters. The van der Waals surface area contributed by atoms with Gasteiger partial charge in [-0.3, -0.25) is 5.32 Å². The molecule has 1 amide bonds. The molecule has 0 unspecified atom stereocenters. The van der Waals surface area contributed by atoms with Crippen LogP contribution in [0, 0.1) is 11.3 Å². The SMILES string of the molecule is COC(=O)c1c(NC(=O)OC(C)(C)C)c(C#N)cn1C. The fourth-order valence-corrected chi connectivity index (χ4v) is 1.59. The second-order valence-corrected chi connectivity index (χ2v) is 5.11. The van der Waals surface area contributed by atoms with E-state index >= 15 is 0 Å². The van der Waals surface area contributed by atoms with Crippen molar-refractivity contribution in [3.8, 4) is 6.07 Å². The van der Waals surface area contributed by atoms with Crippen molar-refractivity contribution in [2.75, 3.05) is 12.4 Å². The van der Waals surface area contributed by atoms with Crippen molar-refractivity contribution >= 4 is 17.7 Å². The maximum absolute atomic E-state index is 11.8. The topological polar surface area (TPSA) is 93.3 Å². The van der Waals surface area contributed by atoms with Crippen LogP contribution in [0.25, 0.3) is 0 Å². The van der Waals surface area contributed by atoms with Gasteiger partial charge < -0.3 is 14.0 Å². The number of anilines is 1. The molecule has 0 saturated heterocycles. The average Bonchev–Trinajstić information content (AvgIpc) is 2.62. The summed E-state index contributed by atoms with van der Waals surface area (Å²) in [6, 6.07) is 1.91. The number of carbonyl (C=O) groups excluding carboxylic acids is 2. The third kappa shape index (κ3) is 3.51. The molecule has 1 aromatic heterocycles. The highest BCUT2D eigenvalue weighted by atomic mass is 16.6. The molecule has 1 N–H and O–H groups in total. The summed E-state index contributed by atoms with van der Waals surface area (Å²) in [4.78, 5) is 23.5. The molecule has 7 nitrogen and oxygen atoms in total. The third-order valence-electron chi connectivity index (χ3n) is 2.31. The zero-order valence-corrected chi connectivity index (χ0v) is 12.1. The highest BCUT2D eigenvalue weighted by molar-refractivity contribution is 6.00. The van der Waals surface area contributed by atoms with Crippen LogP contribution >= 0.6 is 0 Å². The summed E-state index contributed by atoms with van der Waals surface area (Å²) in [5.41, 5.74) is -0.373. The largest absolute Gasteiger partial charge is 0.464 e. The van der Waals surface area contributed by atoms with E-state index in [1.165, 1.54) is 17.9 Å². The smallest absolute Gasteiger partial charge is 0.412 e. The number of esters is 1. The van der Waals surface area contributed by atoms with Gasteiger partial charge in [-0.1, -0.05) is 0 Å². The molecule has 1 rings (SSSR count). The Balaban J connectivity index is 3.14. The first-order valence-corrected chi connectivity index (χ1v) is 5.87. The van der Waals surface area contributed by atoms with Crippen LogP contribution in [-0.4, -0.2) is 29.3 Å². The van der Waals surface area contributed by atoms with Crippen LogP contribution in [0.1, 0.15) is 36.8 Å². The lowest BCUT2D eigenvalue weighted by Crippen LogP contribution is -2.28. The number of hydrogen-bond donors (Lipinski definition) is 1. The lowest BCUT2D eigenvalue weighted by molar-refractivity contribution is 0.0591. The monoisotopic (exact) mass is 279 g/mol. The van der Waals surface area contributed by atoms with E-state index in [-0.39, 0.29) is 16.9 Å². The molecule has 1 heterocycles. The summed E-state index contributed by atoms with van der Waals surface area (Å²) in [6.07, 6.45) is 0.684. The number of nitriles is 1. The molecule has 0 aromatic carbocycles. The van der Waals surface area contributed by atoms with Crippen LogP contribution in [-0.2, 0) is 16.5 Å². The van der Waals surface area contributed by atoms with Crippen molar-refractivity contribution < 1.29 is 19.1 Å². The van der Waals surface area contributed by atoms with Crippen LogP contribution in [0.2, 0.25) is 0 Å². The van der Waals surface area contributed by atoms with E-state index in [2.05, 4.69) is 10.1 Å². The van der Waals surface area contributed by atoms with E-state index in [0.717, 1.165) is 0 Å². The Kier molecular flexibility index (Phi) is 4.40. The van der Waals surface area contributed by atoms with Gasteiger partial charge in [-0.25, -0.2) is 9.59 Å². The molecule has 7 heteroatoms. The number of aryl methyl sites for hydroxylation is 1. The van der Waals surface area contributed by atoms with Crippen LogP contribution in [0.5, 0.6) is 0 Å². The number of ether oxygens (including phenoxy) is 2. The molecule has 0 bridgehead atoms. The Labute approximate surface area is 117 Å². The maximum Gasteiger partial charge on any atom is 0.412 e. The second kappa shape index (κ2) is 5.65. The van der Waals surface area contributed by atoms with Gasteiger partial charge in [-0.2, -0.15) is 5.26 Å². The summed E-state index contributed by atoms with van der Waals surface area (Å²) < 4.78 is 11.1. The molecular weight excluding hydrogens is 262 g/mol. The van der Waals surface area contributed by atoms with Crippen LogP contribution in [0.4, 0.5) is 10.5 Å². The number of methoxy groups -OCH3 is 1. The maximum atomic E-state index is 11.8. The zero-order valence-electron chi connectivity index (χ0n) is 12.1. The summed E-state index contributed by atoms with van der Waals surface area (Å²) in [5, 5.41) is 11.5. The molecule has 0 saturated carbocycles. The van der Waals surface area contributed by atoms with Gasteiger partial charge in [-0.15, -0.1) is 0 Å². The van der Waals surface area contributed by atoms with Gasteiger partial charge in [0.1, 0.15) is 11.7 Å². The Bertz CT molecular complexity index is 576. The Morgan fingerprint density at radius 3 is 2.45 bits per heavy atom. The molecule has 0 aliphatic rings. The van der Waals surface area contributed by atoms with E-state index in [1.54, 1.807) is 27.8 Å². The highest BCUT2D eigenvalue weighted by Gasteiger charge is 2.25. The summed E-state index contributed by atoms with van der Waals surface area (Å²) >= 11 is 0. The van der Waals surface area contributed by atoms with Gasteiger partial charge in [0.2, 0.25) is 0 Å². The molecular formula is C13H17N3O4. The zero-order chi connectivity index (χ0) is 15.5. The quantitative estimate of drug-likeness (QED) is 0.836. The molecule has 0 fully saturated rings. The predicted octanol–water partition coefficient (Wildman–Crippen LogP) is 2.03. The normalized spacial score (nSPS) is 10.6. The minimum atomic E-state index is -0.745. The van der Waals surface area contributed by atoms with Crippen molar-refractivity contribution in [1.29, 1.82) is 5.26 Å². The van der Waals surface area contributed by atoms with E-state index in [4.69, 9.17) is 10.00 Å².